The molecule has 0 unspecified atom stereocenters. The van der Waals surface area contributed by atoms with E-state index in [9.17, 15) is 0 Å². The van der Waals surface area contributed by atoms with Gasteiger partial charge in [0, 0.05) is 32.6 Å². The molecule has 6 aromatic carbocycles. The lowest BCUT2D eigenvalue weighted by atomic mass is 10.1. The van der Waals surface area contributed by atoms with Crippen LogP contribution in [0.3, 0.4) is 0 Å². The number of hydrogen-bond acceptors (Lipinski definition) is 1. The fraction of sp³-hybridized carbons (Fsp3) is 0. The summed E-state index contributed by atoms with van der Waals surface area (Å²) < 4.78 is 12.2. The van der Waals surface area contributed by atoms with Crippen LogP contribution in [0.15, 0.2) is 136 Å². The van der Waals surface area contributed by atoms with Crippen molar-refractivity contribution in [2.75, 3.05) is 0 Å². The minimum absolute atomic E-state index is 0.864. The van der Waals surface area contributed by atoms with Gasteiger partial charge < -0.3 is 13.6 Å². The van der Waals surface area contributed by atoms with Crippen molar-refractivity contribution in [2.24, 2.45) is 0 Å². The van der Waals surface area contributed by atoms with Crippen LogP contribution in [0, 0.1) is 0 Å². The van der Waals surface area contributed by atoms with Gasteiger partial charge in [-0.15, -0.1) is 0 Å². The summed E-state index contributed by atoms with van der Waals surface area (Å²) in [5, 5.41) is 7.18. The summed E-state index contributed by atoms with van der Waals surface area (Å²) in [4.78, 5) is 0. The summed E-state index contributed by atoms with van der Waals surface area (Å²) in [6.07, 6.45) is 0. The molecule has 40 heavy (non-hydrogen) atoms. The van der Waals surface area contributed by atoms with Crippen LogP contribution in [-0.4, -0.2) is 9.13 Å². The van der Waals surface area contributed by atoms with Gasteiger partial charge in [0.05, 0.1) is 37.6 Å². The van der Waals surface area contributed by atoms with Gasteiger partial charge in [-0.25, -0.2) is 0 Å². The fourth-order valence-electron chi connectivity index (χ4n) is 6.58. The molecule has 0 aliphatic carbocycles. The van der Waals surface area contributed by atoms with Crippen LogP contribution in [0.5, 0.6) is 0 Å². The van der Waals surface area contributed by atoms with Crippen LogP contribution in [0.4, 0.5) is 0 Å². The third-order valence-electron chi connectivity index (χ3n) is 8.18. The van der Waals surface area contributed by atoms with E-state index < -0.39 is 0 Å². The van der Waals surface area contributed by atoms with E-state index in [2.05, 4.69) is 140 Å². The van der Waals surface area contributed by atoms with Crippen molar-refractivity contribution in [2.45, 2.75) is 0 Å². The molecular weight excluding hydrogens is 556 g/mol. The number of nitrogens with zero attached hydrogens (tertiary/aromatic N) is 2. The van der Waals surface area contributed by atoms with Crippen LogP contribution in [0.1, 0.15) is 0 Å². The van der Waals surface area contributed by atoms with Crippen molar-refractivity contribution in [1.29, 1.82) is 0 Å². The standard InChI is InChI=1S/C36H21BrN2O/c37-27-19-21-31(34-26-14-6-9-17-32(26)40-36(27)34)39-28-15-7-4-12-23(28)24-18-20-30-33(35(24)39)25-13-5-8-16-29(25)38(30)22-10-2-1-3-11-22/h1-21H. The molecule has 0 aliphatic rings. The van der Waals surface area contributed by atoms with Gasteiger partial charge in [-0.2, -0.15) is 0 Å². The lowest BCUT2D eigenvalue weighted by molar-refractivity contribution is 0.666. The normalized spacial score (nSPS) is 12.1. The fourth-order valence-corrected chi connectivity index (χ4v) is 6.99. The predicted octanol–water partition coefficient (Wildman–Crippen LogP) is 10.5. The number of furan rings is 1. The molecule has 4 heteroatoms. The van der Waals surface area contributed by atoms with Gasteiger partial charge in [0.1, 0.15) is 5.58 Å². The number of halogens is 1. The highest BCUT2D eigenvalue weighted by molar-refractivity contribution is 9.10. The van der Waals surface area contributed by atoms with E-state index in [1.54, 1.807) is 0 Å². The molecule has 188 valence electrons. The van der Waals surface area contributed by atoms with Crippen molar-refractivity contribution in [3.05, 3.63) is 132 Å². The van der Waals surface area contributed by atoms with Crippen molar-refractivity contribution < 1.29 is 4.42 Å². The summed E-state index contributed by atoms with van der Waals surface area (Å²) in [5.41, 5.74) is 8.78. The van der Waals surface area contributed by atoms with Crippen LogP contribution in [0.2, 0.25) is 0 Å². The largest absolute Gasteiger partial charge is 0.455 e. The maximum atomic E-state index is 6.40. The molecule has 9 aromatic rings. The van der Waals surface area contributed by atoms with Crippen molar-refractivity contribution in [3.8, 4) is 11.4 Å². The molecule has 9 rings (SSSR count). The molecule has 0 aliphatic heterocycles. The monoisotopic (exact) mass is 576 g/mol. The molecule has 0 amide bonds. The first-order valence-corrected chi connectivity index (χ1v) is 14.2. The average Bonchev–Trinajstić information content (AvgIpc) is 3.67. The Kier molecular flexibility index (Phi) is 4.47. The Morgan fingerprint density at radius 1 is 0.475 bits per heavy atom. The molecule has 3 nitrogen and oxygen atoms in total. The van der Waals surface area contributed by atoms with Gasteiger partial charge >= 0.3 is 0 Å². The zero-order valence-electron chi connectivity index (χ0n) is 21.3. The van der Waals surface area contributed by atoms with E-state index in [4.69, 9.17) is 4.42 Å². The Labute approximate surface area is 237 Å². The van der Waals surface area contributed by atoms with Gasteiger partial charge in [-0.3, -0.25) is 0 Å². The van der Waals surface area contributed by atoms with Crippen LogP contribution < -0.4 is 0 Å². The molecular formula is C36H21BrN2O. The second kappa shape index (κ2) is 8.10. The van der Waals surface area contributed by atoms with Gasteiger partial charge in [0.15, 0.2) is 5.58 Å². The van der Waals surface area contributed by atoms with Crippen molar-refractivity contribution >= 4 is 81.5 Å². The number of para-hydroxylation sites is 4. The minimum Gasteiger partial charge on any atom is -0.455 e. The number of fused-ring (bicyclic) bond motifs is 10. The van der Waals surface area contributed by atoms with E-state index in [0.717, 1.165) is 37.8 Å². The lowest BCUT2D eigenvalue weighted by Crippen LogP contribution is -1.96. The molecule has 0 spiro atoms. The van der Waals surface area contributed by atoms with E-state index in [1.165, 1.54) is 43.6 Å². The van der Waals surface area contributed by atoms with Crippen molar-refractivity contribution in [1.82, 2.24) is 9.13 Å². The molecule has 0 radical (unpaired) electrons. The van der Waals surface area contributed by atoms with E-state index in [0.29, 0.717) is 0 Å². The number of aromatic nitrogens is 2. The van der Waals surface area contributed by atoms with E-state index in [1.807, 2.05) is 12.1 Å². The molecule has 0 saturated carbocycles. The van der Waals surface area contributed by atoms with E-state index in [-0.39, 0.29) is 0 Å². The molecule has 3 heterocycles. The quantitative estimate of drug-likeness (QED) is 0.200. The Morgan fingerprint density at radius 2 is 1.15 bits per heavy atom. The SMILES string of the molecule is Brc1ccc(-n2c3ccccc3c3ccc4c(c5ccccc5n4-c4ccccc4)c32)c2c1oc1ccccc12. The smallest absolute Gasteiger partial charge is 0.151 e. The second-order valence-electron chi connectivity index (χ2n) is 10.3. The minimum atomic E-state index is 0.864. The zero-order valence-corrected chi connectivity index (χ0v) is 22.9. The van der Waals surface area contributed by atoms with Gasteiger partial charge in [-0.1, -0.05) is 78.9 Å². The Morgan fingerprint density at radius 3 is 1.98 bits per heavy atom. The highest BCUT2D eigenvalue weighted by Gasteiger charge is 2.23. The van der Waals surface area contributed by atoms with Crippen molar-refractivity contribution in [3.63, 3.8) is 0 Å². The summed E-state index contributed by atoms with van der Waals surface area (Å²) in [6.45, 7) is 0. The predicted molar refractivity (Wildman–Crippen MR) is 170 cm³/mol. The maximum absolute atomic E-state index is 6.40. The molecule has 3 aromatic heterocycles. The molecule has 0 bridgehead atoms. The first-order chi connectivity index (χ1) is 19.8. The average molecular weight is 577 g/mol. The maximum Gasteiger partial charge on any atom is 0.151 e. The number of hydrogen-bond donors (Lipinski definition) is 0. The Bertz CT molecular complexity index is 2440. The van der Waals surface area contributed by atoms with Gasteiger partial charge in [0.25, 0.3) is 0 Å². The summed E-state index contributed by atoms with van der Waals surface area (Å²) in [7, 11) is 0. The van der Waals surface area contributed by atoms with Crippen LogP contribution in [0.25, 0.3) is 76.9 Å². The number of rotatable bonds is 2. The Hall–Kier alpha value is -4.80. The Balaban J connectivity index is 1.55. The highest BCUT2D eigenvalue weighted by Crippen LogP contribution is 2.45. The van der Waals surface area contributed by atoms with Gasteiger partial charge in [-0.05, 0) is 64.5 Å². The zero-order chi connectivity index (χ0) is 26.4. The first kappa shape index (κ1) is 22.1. The molecule has 0 atom stereocenters. The highest BCUT2D eigenvalue weighted by atomic mass is 79.9. The second-order valence-corrected chi connectivity index (χ2v) is 11.1. The topological polar surface area (TPSA) is 23.0 Å². The number of benzene rings is 6. The van der Waals surface area contributed by atoms with Crippen LogP contribution in [-0.2, 0) is 0 Å². The first-order valence-electron chi connectivity index (χ1n) is 13.4. The van der Waals surface area contributed by atoms with Crippen LogP contribution >= 0.6 is 15.9 Å². The lowest BCUT2D eigenvalue weighted by Gasteiger charge is -2.12. The van der Waals surface area contributed by atoms with E-state index >= 15 is 0 Å². The van der Waals surface area contributed by atoms with Gasteiger partial charge in [0.2, 0.25) is 0 Å². The summed E-state index contributed by atoms with van der Waals surface area (Å²) >= 11 is 3.77. The molecule has 0 N–H and O–H groups in total. The summed E-state index contributed by atoms with van der Waals surface area (Å²) in [6, 6.07) is 45.3. The third kappa shape index (κ3) is 2.83. The summed E-state index contributed by atoms with van der Waals surface area (Å²) in [5.74, 6) is 0. The molecule has 0 fully saturated rings. The molecule has 0 saturated heterocycles. The third-order valence-corrected chi connectivity index (χ3v) is 8.81.